The van der Waals surface area contributed by atoms with E-state index >= 15 is 0 Å². The first-order chi connectivity index (χ1) is 8.19. The van der Waals surface area contributed by atoms with Crippen LogP contribution in [0, 0.1) is 0 Å². The van der Waals surface area contributed by atoms with Crippen molar-refractivity contribution in [3.63, 3.8) is 0 Å². The Morgan fingerprint density at radius 2 is 2.00 bits per heavy atom. The van der Waals surface area contributed by atoms with Crippen LogP contribution < -0.4 is 5.32 Å². The highest BCUT2D eigenvalue weighted by Gasteiger charge is 2.36. The third-order valence-corrected chi connectivity index (χ3v) is 3.82. The Morgan fingerprint density at radius 1 is 1.29 bits per heavy atom. The molecule has 1 aromatic heterocycles. The molecule has 4 heteroatoms. The third kappa shape index (κ3) is 2.51. The lowest BCUT2D eigenvalue weighted by atomic mass is 9.89. The highest BCUT2D eigenvalue weighted by molar-refractivity contribution is 5.05. The fourth-order valence-corrected chi connectivity index (χ4v) is 2.64. The molecule has 0 aromatic carbocycles. The van der Waals surface area contributed by atoms with Crippen LogP contribution in [0.2, 0.25) is 0 Å². The fourth-order valence-electron chi connectivity index (χ4n) is 2.64. The average molecular weight is 237 g/mol. The largest absolute Gasteiger partial charge is 0.423 e. The zero-order chi connectivity index (χ0) is 12.3. The van der Waals surface area contributed by atoms with Crippen LogP contribution in [0.5, 0.6) is 0 Å². The number of hydrogen-bond acceptors (Lipinski definition) is 4. The van der Waals surface area contributed by atoms with Gasteiger partial charge in [0.1, 0.15) is 0 Å². The first-order valence-corrected chi connectivity index (χ1v) is 6.77. The fraction of sp³-hybridized carbons (Fsp3) is 0.846. The summed E-state index contributed by atoms with van der Waals surface area (Å²) in [6.07, 6.45) is 5.88. The smallest absolute Gasteiger partial charge is 0.233 e. The number of aromatic nitrogens is 2. The second-order valence-electron chi connectivity index (χ2n) is 5.23. The zero-order valence-electron chi connectivity index (χ0n) is 11.1. The van der Waals surface area contributed by atoms with Gasteiger partial charge in [-0.1, -0.05) is 33.6 Å². The molecule has 0 bridgehead atoms. The lowest BCUT2D eigenvalue weighted by molar-refractivity contribution is 0.313. The molecular weight excluding hydrogens is 214 g/mol. The van der Waals surface area contributed by atoms with E-state index in [4.69, 9.17) is 4.42 Å². The minimum Gasteiger partial charge on any atom is -0.423 e. The van der Waals surface area contributed by atoms with E-state index in [1.54, 1.807) is 0 Å². The molecule has 17 heavy (non-hydrogen) atoms. The molecule has 1 aromatic rings. The SMILES string of the molecule is CCNC(CC)c1nnc(C2(C)CCCC2)o1. The lowest BCUT2D eigenvalue weighted by Crippen LogP contribution is -2.20. The van der Waals surface area contributed by atoms with Gasteiger partial charge in [0.05, 0.1) is 6.04 Å². The first kappa shape index (κ1) is 12.6. The Labute approximate surface area is 103 Å². The highest BCUT2D eigenvalue weighted by atomic mass is 16.4. The summed E-state index contributed by atoms with van der Waals surface area (Å²) >= 11 is 0. The minimum absolute atomic E-state index is 0.121. The van der Waals surface area contributed by atoms with Crippen molar-refractivity contribution in [2.24, 2.45) is 0 Å². The van der Waals surface area contributed by atoms with Crippen molar-refractivity contribution in [2.45, 2.75) is 64.3 Å². The van der Waals surface area contributed by atoms with Crippen LogP contribution in [0.25, 0.3) is 0 Å². The van der Waals surface area contributed by atoms with Gasteiger partial charge in [0, 0.05) is 5.41 Å². The molecule has 0 radical (unpaired) electrons. The predicted octanol–water partition coefficient (Wildman–Crippen LogP) is 2.96. The predicted molar refractivity (Wildman–Crippen MR) is 66.8 cm³/mol. The van der Waals surface area contributed by atoms with E-state index in [9.17, 15) is 0 Å². The molecule has 0 aliphatic heterocycles. The summed E-state index contributed by atoms with van der Waals surface area (Å²) in [7, 11) is 0. The van der Waals surface area contributed by atoms with E-state index in [1.165, 1.54) is 25.7 Å². The van der Waals surface area contributed by atoms with Crippen molar-refractivity contribution in [3.8, 4) is 0 Å². The van der Waals surface area contributed by atoms with Crippen molar-refractivity contribution in [2.75, 3.05) is 6.54 Å². The molecule has 4 nitrogen and oxygen atoms in total. The van der Waals surface area contributed by atoms with Crippen LogP contribution in [-0.2, 0) is 5.41 Å². The summed E-state index contributed by atoms with van der Waals surface area (Å²) in [5.74, 6) is 1.58. The quantitative estimate of drug-likeness (QED) is 0.855. The highest BCUT2D eigenvalue weighted by Crippen LogP contribution is 2.40. The molecule has 1 atom stereocenters. The van der Waals surface area contributed by atoms with Crippen LogP contribution in [-0.4, -0.2) is 16.7 Å². The molecular formula is C13H23N3O. The molecule has 1 unspecified atom stereocenters. The Morgan fingerprint density at radius 3 is 2.59 bits per heavy atom. The third-order valence-electron chi connectivity index (χ3n) is 3.82. The van der Waals surface area contributed by atoms with Crippen molar-refractivity contribution in [1.82, 2.24) is 15.5 Å². The molecule has 1 N–H and O–H groups in total. The molecule has 0 saturated heterocycles. The number of hydrogen-bond donors (Lipinski definition) is 1. The lowest BCUT2D eigenvalue weighted by Gasteiger charge is -2.18. The van der Waals surface area contributed by atoms with Crippen LogP contribution in [0.1, 0.15) is 70.7 Å². The van der Waals surface area contributed by atoms with Gasteiger partial charge >= 0.3 is 0 Å². The van der Waals surface area contributed by atoms with Gasteiger partial charge in [0.25, 0.3) is 0 Å². The van der Waals surface area contributed by atoms with Gasteiger partial charge in [0.15, 0.2) is 0 Å². The van der Waals surface area contributed by atoms with Crippen molar-refractivity contribution in [3.05, 3.63) is 11.8 Å². The van der Waals surface area contributed by atoms with E-state index in [-0.39, 0.29) is 11.5 Å². The van der Waals surface area contributed by atoms with Gasteiger partial charge in [-0.25, -0.2) is 0 Å². The molecule has 0 amide bonds. The average Bonchev–Trinajstić information content (AvgIpc) is 2.95. The topological polar surface area (TPSA) is 51.0 Å². The number of nitrogens with one attached hydrogen (secondary N) is 1. The molecule has 1 aliphatic rings. The second kappa shape index (κ2) is 5.17. The minimum atomic E-state index is 0.121. The van der Waals surface area contributed by atoms with E-state index in [0.717, 1.165) is 24.7 Å². The standard InChI is InChI=1S/C13H23N3O/c1-4-10(14-5-2)11-15-16-12(17-11)13(3)8-6-7-9-13/h10,14H,4-9H2,1-3H3. The van der Waals surface area contributed by atoms with E-state index in [0.29, 0.717) is 0 Å². The van der Waals surface area contributed by atoms with Crippen molar-refractivity contribution in [1.29, 1.82) is 0 Å². The van der Waals surface area contributed by atoms with E-state index in [2.05, 4.69) is 36.3 Å². The number of nitrogens with zero attached hydrogens (tertiary/aromatic N) is 2. The summed E-state index contributed by atoms with van der Waals surface area (Å²) in [5.41, 5.74) is 0.121. The van der Waals surface area contributed by atoms with Crippen LogP contribution in [0.3, 0.4) is 0 Å². The molecule has 1 aliphatic carbocycles. The summed E-state index contributed by atoms with van der Waals surface area (Å²) in [6.45, 7) is 7.39. The van der Waals surface area contributed by atoms with E-state index in [1.807, 2.05) is 0 Å². The molecule has 0 spiro atoms. The van der Waals surface area contributed by atoms with Gasteiger partial charge in [-0.3, -0.25) is 0 Å². The molecule has 1 saturated carbocycles. The van der Waals surface area contributed by atoms with Crippen LogP contribution in [0.4, 0.5) is 0 Å². The molecule has 1 heterocycles. The van der Waals surface area contributed by atoms with Gasteiger partial charge in [-0.15, -0.1) is 10.2 Å². The normalized spacial score (nSPS) is 20.6. The maximum atomic E-state index is 5.89. The molecule has 1 fully saturated rings. The molecule has 2 rings (SSSR count). The summed E-state index contributed by atoms with van der Waals surface area (Å²) in [5, 5.41) is 11.8. The Hall–Kier alpha value is -0.900. The van der Waals surface area contributed by atoms with Gasteiger partial charge in [-0.2, -0.15) is 0 Å². The number of rotatable bonds is 5. The van der Waals surface area contributed by atoms with Crippen LogP contribution >= 0.6 is 0 Å². The second-order valence-corrected chi connectivity index (χ2v) is 5.23. The summed E-state index contributed by atoms with van der Waals surface area (Å²) < 4.78 is 5.89. The summed E-state index contributed by atoms with van der Waals surface area (Å²) in [4.78, 5) is 0. The van der Waals surface area contributed by atoms with Crippen molar-refractivity contribution < 1.29 is 4.42 Å². The Balaban J connectivity index is 2.14. The molecule has 96 valence electrons. The van der Waals surface area contributed by atoms with E-state index < -0.39 is 0 Å². The van der Waals surface area contributed by atoms with Crippen molar-refractivity contribution >= 4 is 0 Å². The maximum absolute atomic E-state index is 5.89. The Kier molecular flexibility index (Phi) is 3.82. The Bertz CT molecular complexity index is 355. The zero-order valence-corrected chi connectivity index (χ0v) is 11.1. The van der Waals surface area contributed by atoms with Gasteiger partial charge < -0.3 is 9.73 Å². The van der Waals surface area contributed by atoms with Gasteiger partial charge in [0.2, 0.25) is 11.8 Å². The maximum Gasteiger partial charge on any atom is 0.233 e. The summed E-state index contributed by atoms with van der Waals surface area (Å²) in [6, 6.07) is 0.200. The van der Waals surface area contributed by atoms with Crippen LogP contribution in [0.15, 0.2) is 4.42 Å². The monoisotopic (exact) mass is 237 g/mol. The van der Waals surface area contributed by atoms with Gasteiger partial charge in [-0.05, 0) is 25.8 Å². The first-order valence-electron chi connectivity index (χ1n) is 6.77.